The zero-order valence-electron chi connectivity index (χ0n) is 15.0. The lowest BCUT2D eigenvalue weighted by molar-refractivity contribution is -0.677. The smallest absolute Gasteiger partial charge is 0.243 e. The van der Waals surface area contributed by atoms with Gasteiger partial charge in [-0.2, -0.15) is 4.57 Å². The first-order valence-corrected chi connectivity index (χ1v) is 10.7. The molecule has 3 aromatic rings. The second-order valence-corrected chi connectivity index (χ2v) is 9.79. The Morgan fingerprint density at radius 1 is 1.16 bits per heavy atom. The number of hydrogen-bond acceptors (Lipinski definition) is 4. The molecule has 0 aliphatic carbocycles. The van der Waals surface area contributed by atoms with Crippen LogP contribution in [0.25, 0.3) is 21.0 Å². The van der Waals surface area contributed by atoms with Crippen LogP contribution in [0.3, 0.4) is 0 Å². The van der Waals surface area contributed by atoms with Gasteiger partial charge in [-0.15, -0.1) is 0 Å². The molecule has 134 valence electrons. The standard InChI is InChI=1S/C19H23NO3S2/c1-5-6-11-20-16-10-7-13-12-14(25(21,22)23)8-9-15(13)17(16)24-18(20)19(2,3)4/h7-10,12H,5-6,11H2,1-4H3. The molecule has 0 saturated carbocycles. The number of nitrogens with zero attached hydrogens (tertiary/aromatic N) is 1. The third kappa shape index (κ3) is 3.43. The Balaban J connectivity index is 2.31. The van der Waals surface area contributed by atoms with Crippen molar-refractivity contribution in [2.45, 2.75) is 57.4 Å². The van der Waals surface area contributed by atoms with Crippen LogP contribution in [0.5, 0.6) is 0 Å². The van der Waals surface area contributed by atoms with Crippen LogP contribution in [0.15, 0.2) is 35.2 Å². The summed E-state index contributed by atoms with van der Waals surface area (Å²) >= 11 is 1.76. The molecule has 3 rings (SSSR count). The van der Waals surface area contributed by atoms with Gasteiger partial charge in [0.1, 0.15) is 21.4 Å². The fourth-order valence-electron chi connectivity index (χ4n) is 3.10. The number of fused-ring (bicyclic) bond motifs is 3. The average Bonchev–Trinajstić information content (AvgIpc) is 2.90. The highest BCUT2D eigenvalue weighted by atomic mass is 32.2. The van der Waals surface area contributed by atoms with E-state index in [2.05, 4.69) is 32.3 Å². The minimum Gasteiger partial charge on any atom is -0.744 e. The minimum atomic E-state index is -4.44. The predicted molar refractivity (Wildman–Crippen MR) is 101 cm³/mol. The molecule has 1 aromatic heterocycles. The summed E-state index contributed by atoms with van der Waals surface area (Å²) in [6.07, 6.45) is 2.25. The molecule has 0 bridgehead atoms. The molecular formula is C19H23NO3S2. The van der Waals surface area contributed by atoms with E-state index >= 15 is 0 Å². The summed E-state index contributed by atoms with van der Waals surface area (Å²) in [4.78, 5) is -0.175. The number of hydrogen-bond donors (Lipinski definition) is 0. The molecule has 0 amide bonds. The quantitative estimate of drug-likeness (QED) is 0.502. The van der Waals surface area contributed by atoms with E-state index < -0.39 is 10.1 Å². The molecule has 0 atom stereocenters. The number of benzene rings is 2. The highest BCUT2D eigenvalue weighted by molar-refractivity contribution is 7.85. The molecule has 0 unspecified atom stereocenters. The van der Waals surface area contributed by atoms with Crippen LogP contribution in [0.1, 0.15) is 45.5 Å². The van der Waals surface area contributed by atoms with Gasteiger partial charge in [0.2, 0.25) is 10.5 Å². The Morgan fingerprint density at radius 2 is 1.88 bits per heavy atom. The Bertz CT molecular complexity index is 1040. The van der Waals surface area contributed by atoms with Crippen molar-refractivity contribution in [2.75, 3.05) is 0 Å². The summed E-state index contributed by atoms with van der Waals surface area (Å²) in [5.74, 6) is 0. The predicted octanol–water partition coefficient (Wildman–Crippen LogP) is 4.34. The Hall–Kier alpha value is -1.50. The van der Waals surface area contributed by atoms with Gasteiger partial charge in [-0.3, -0.25) is 0 Å². The van der Waals surface area contributed by atoms with Gasteiger partial charge in [-0.05, 0) is 44.4 Å². The molecule has 0 fully saturated rings. The fraction of sp³-hybridized carbons (Fsp3) is 0.421. The molecule has 0 aliphatic rings. The Labute approximate surface area is 152 Å². The first-order chi connectivity index (χ1) is 11.6. The lowest BCUT2D eigenvalue weighted by Gasteiger charge is -2.12. The maximum absolute atomic E-state index is 11.3. The summed E-state index contributed by atoms with van der Waals surface area (Å²) in [6, 6.07) is 8.60. The molecule has 4 nitrogen and oxygen atoms in total. The van der Waals surface area contributed by atoms with E-state index in [0.717, 1.165) is 34.9 Å². The maximum Gasteiger partial charge on any atom is 0.243 e. The van der Waals surface area contributed by atoms with Gasteiger partial charge in [0, 0.05) is 17.9 Å². The van der Waals surface area contributed by atoms with Gasteiger partial charge in [0.25, 0.3) is 0 Å². The zero-order valence-corrected chi connectivity index (χ0v) is 16.6. The summed E-state index contributed by atoms with van der Waals surface area (Å²) in [6.45, 7) is 9.80. The molecule has 0 saturated heterocycles. The van der Waals surface area contributed by atoms with Crippen molar-refractivity contribution >= 4 is 42.4 Å². The van der Waals surface area contributed by atoms with Crippen LogP contribution in [0.2, 0.25) is 0 Å². The second-order valence-electron chi connectivity index (χ2n) is 7.41. The van der Waals surface area contributed by atoms with Crippen molar-refractivity contribution < 1.29 is 17.5 Å². The van der Waals surface area contributed by atoms with E-state index in [1.165, 1.54) is 22.7 Å². The molecule has 1 heterocycles. The lowest BCUT2D eigenvalue weighted by Crippen LogP contribution is -2.40. The van der Waals surface area contributed by atoms with Crippen molar-refractivity contribution in [3.8, 4) is 0 Å². The molecule has 2 aromatic carbocycles. The fourth-order valence-corrected chi connectivity index (χ4v) is 4.98. The zero-order chi connectivity index (χ0) is 18.4. The van der Waals surface area contributed by atoms with Crippen LogP contribution >= 0.6 is 11.3 Å². The monoisotopic (exact) mass is 377 g/mol. The minimum absolute atomic E-state index is 0.0298. The van der Waals surface area contributed by atoms with Gasteiger partial charge in [0.15, 0.2) is 0 Å². The van der Waals surface area contributed by atoms with E-state index in [0.29, 0.717) is 0 Å². The molecule has 0 spiro atoms. The third-order valence-corrected chi connectivity index (χ3v) is 6.81. The summed E-state index contributed by atoms with van der Waals surface area (Å²) in [7, 11) is -4.44. The number of thiazole rings is 1. The van der Waals surface area contributed by atoms with Crippen molar-refractivity contribution in [1.29, 1.82) is 0 Å². The lowest BCUT2D eigenvalue weighted by atomic mass is 9.97. The molecule has 0 N–H and O–H groups in total. The van der Waals surface area contributed by atoms with E-state index in [4.69, 9.17) is 0 Å². The van der Waals surface area contributed by atoms with Gasteiger partial charge < -0.3 is 4.55 Å². The van der Waals surface area contributed by atoms with Gasteiger partial charge in [-0.1, -0.05) is 30.7 Å². The van der Waals surface area contributed by atoms with E-state index in [9.17, 15) is 13.0 Å². The normalized spacial score (nSPS) is 13.0. The van der Waals surface area contributed by atoms with Crippen LogP contribution in [-0.2, 0) is 22.1 Å². The van der Waals surface area contributed by atoms with Crippen LogP contribution in [0, 0.1) is 0 Å². The third-order valence-electron chi connectivity index (χ3n) is 4.32. The van der Waals surface area contributed by atoms with Gasteiger partial charge in [-0.25, -0.2) is 8.42 Å². The van der Waals surface area contributed by atoms with Crippen molar-refractivity contribution in [1.82, 2.24) is 0 Å². The van der Waals surface area contributed by atoms with Crippen molar-refractivity contribution in [2.24, 2.45) is 0 Å². The highest BCUT2D eigenvalue weighted by Crippen LogP contribution is 2.35. The SMILES string of the molecule is CCCC[n+]1c(C(C)(C)C)sc2c3ccc(S(=O)(=O)[O-])cc3ccc21. The second kappa shape index (κ2) is 6.34. The molecule has 25 heavy (non-hydrogen) atoms. The van der Waals surface area contributed by atoms with Crippen LogP contribution in [-0.4, -0.2) is 13.0 Å². The summed E-state index contributed by atoms with van der Waals surface area (Å²) in [5.41, 5.74) is 1.20. The number of unbranched alkanes of at least 4 members (excludes halogenated alkanes) is 1. The molecule has 0 aliphatic heterocycles. The van der Waals surface area contributed by atoms with Gasteiger partial charge >= 0.3 is 0 Å². The van der Waals surface area contributed by atoms with Crippen LogP contribution in [0.4, 0.5) is 0 Å². The van der Waals surface area contributed by atoms with E-state index in [1.54, 1.807) is 17.4 Å². The topological polar surface area (TPSA) is 61.1 Å². The van der Waals surface area contributed by atoms with Crippen LogP contribution < -0.4 is 4.57 Å². The first kappa shape index (κ1) is 18.3. The highest BCUT2D eigenvalue weighted by Gasteiger charge is 2.31. The first-order valence-electron chi connectivity index (χ1n) is 8.48. The largest absolute Gasteiger partial charge is 0.744 e. The van der Waals surface area contributed by atoms with E-state index in [-0.39, 0.29) is 10.3 Å². The van der Waals surface area contributed by atoms with E-state index in [1.807, 2.05) is 12.1 Å². The molecule has 0 radical (unpaired) electrons. The Kier molecular flexibility index (Phi) is 4.64. The summed E-state index contributed by atoms with van der Waals surface area (Å²) in [5, 5.41) is 3.09. The average molecular weight is 378 g/mol. The number of rotatable bonds is 4. The van der Waals surface area contributed by atoms with Gasteiger partial charge in [0.05, 0.1) is 10.3 Å². The van der Waals surface area contributed by atoms with Crippen molar-refractivity contribution in [3.63, 3.8) is 0 Å². The molecular weight excluding hydrogens is 354 g/mol. The number of aromatic nitrogens is 1. The molecule has 6 heteroatoms. The Morgan fingerprint density at radius 3 is 2.48 bits per heavy atom. The maximum atomic E-state index is 11.3. The summed E-state index contributed by atoms with van der Waals surface area (Å²) < 4.78 is 37.4. The number of aryl methyl sites for hydroxylation is 1. The van der Waals surface area contributed by atoms with Crippen molar-refractivity contribution in [3.05, 3.63) is 35.3 Å².